The molecule has 1 atom stereocenters. The molecule has 0 aliphatic carbocycles. The van der Waals surface area contributed by atoms with E-state index in [9.17, 15) is 4.79 Å². The lowest BCUT2D eigenvalue weighted by atomic mass is 10.1. The van der Waals surface area contributed by atoms with E-state index in [-0.39, 0.29) is 12.1 Å². The molecular formula is C19H20ClN3O. The Labute approximate surface area is 147 Å². The number of nitrogens with zero attached hydrogens (tertiary/aromatic N) is 2. The van der Waals surface area contributed by atoms with Crippen LogP contribution in [0.25, 0.3) is 0 Å². The molecule has 0 saturated heterocycles. The summed E-state index contributed by atoms with van der Waals surface area (Å²) in [5, 5.41) is 12.5. The number of halogens is 1. The third-order valence-electron chi connectivity index (χ3n) is 3.83. The molecule has 5 heteroatoms. The summed E-state index contributed by atoms with van der Waals surface area (Å²) < 4.78 is 0. The Morgan fingerprint density at radius 2 is 1.83 bits per heavy atom. The monoisotopic (exact) mass is 341 g/mol. The van der Waals surface area contributed by atoms with Crippen LogP contribution in [0.15, 0.2) is 48.5 Å². The number of hydrogen-bond donors (Lipinski definition) is 1. The molecule has 0 spiro atoms. The van der Waals surface area contributed by atoms with Crippen molar-refractivity contribution in [1.82, 2.24) is 10.2 Å². The number of urea groups is 1. The van der Waals surface area contributed by atoms with Crippen molar-refractivity contribution in [2.75, 3.05) is 7.05 Å². The molecule has 1 N–H and O–H groups in total. The van der Waals surface area contributed by atoms with E-state index in [1.807, 2.05) is 43.3 Å². The van der Waals surface area contributed by atoms with E-state index in [4.69, 9.17) is 16.9 Å². The summed E-state index contributed by atoms with van der Waals surface area (Å²) in [7, 11) is 1.75. The number of amides is 2. The maximum Gasteiger partial charge on any atom is 0.317 e. The largest absolute Gasteiger partial charge is 0.331 e. The van der Waals surface area contributed by atoms with Gasteiger partial charge >= 0.3 is 6.03 Å². The van der Waals surface area contributed by atoms with Gasteiger partial charge in [-0.2, -0.15) is 5.26 Å². The summed E-state index contributed by atoms with van der Waals surface area (Å²) in [4.78, 5) is 14.0. The van der Waals surface area contributed by atoms with Crippen LogP contribution in [0.1, 0.15) is 36.1 Å². The van der Waals surface area contributed by atoms with Gasteiger partial charge in [0.15, 0.2) is 0 Å². The van der Waals surface area contributed by atoms with E-state index < -0.39 is 0 Å². The minimum Gasteiger partial charge on any atom is -0.331 e. The van der Waals surface area contributed by atoms with E-state index in [0.717, 1.165) is 17.5 Å². The molecule has 0 aromatic heterocycles. The molecule has 0 aliphatic rings. The molecule has 0 saturated carbocycles. The van der Waals surface area contributed by atoms with E-state index in [2.05, 4.69) is 11.4 Å². The first kappa shape index (κ1) is 17.8. The SMILES string of the molecule is CCC(NC(=O)N(C)Cc1ccc(C#N)cc1)c1ccc(Cl)cc1. The van der Waals surface area contributed by atoms with Gasteiger partial charge in [-0.3, -0.25) is 0 Å². The highest BCUT2D eigenvalue weighted by Gasteiger charge is 2.16. The second-order valence-electron chi connectivity index (χ2n) is 5.63. The lowest BCUT2D eigenvalue weighted by Crippen LogP contribution is -2.38. The molecule has 2 amide bonds. The molecule has 124 valence electrons. The van der Waals surface area contributed by atoms with Crippen molar-refractivity contribution in [2.45, 2.75) is 25.9 Å². The number of carbonyl (C=O) groups excluding carboxylic acids is 1. The molecule has 2 aromatic carbocycles. The first-order chi connectivity index (χ1) is 11.5. The standard InChI is InChI=1S/C19H20ClN3O/c1-3-18(16-8-10-17(20)11-9-16)22-19(24)23(2)13-15-6-4-14(12-21)5-7-15/h4-11,18H,3,13H2,1-2H3,(H,22,24). The summed E-state index contributed by atoms with van der Waals surface area (Å²) >= 11 is 5.91. The third kappa shape index (κ3) is 4.74. The number of nitrogens with one attached hydrogen (secondary N) is 1. The van der Waals surface area contributed by atoms with Crippen LogP contribution in [-0.4, -0.2) is 18.0 Å². The first-order valence-corrected chi connectivity index (χ1v) is 8.17. The lowest BCUT2D eigenvalue weighted by Gasteiger charge is -2.23. The second-order valence-corrected chi connectivity index (χ2v) is 6.06. The molecule has 0 heterocycles. The Kier molecular flexibility index (Phi) is 6.22. The molecular weight excluding hydrogens is 322 g/mol. The zero-order valence-electron chi connectivity index (χ0n) is 13.8. The third-order valence-corrected chi connectivity index (χ3v) is 4.08. The van der Waals surface area contributed by atoms with Gasteiger partial charge in [0.2, 0.25) is 0 Å². The van der Waals surface area contributed by atoms with E-state index in [1.165, 1.54) is 0 Å². The van der Waals surface area contributed by atoms with Gasteiger partial charge in [-0.05, 0) is 41.8 Å². The molecule has 0 bridgehead atoms. The maximum atomic E-state index is 12.4. The number of benzene rings is 2. The topological polar surface area (TPSA) is 56.1 Å². The van der Waals surface area contributed by atoms with Crippen molar-refractivity contribution in [3.05, 3.63) is 70.2 Å². The van der Waals surface area contributed by atoms with Gasteiger partial charge in [0.1, 0.15) is 0 Å². The van der Waals surface area contributed by atoms with Crippen LogP contribution in [0.2, 0.25) is 5.02 Å². The Bertz CT molecular complexity index is 720. The van der Waals surface area contributed by atoms with Gasteiger partial charge in [-0.1, -0.05) is 42.8 Å². The predicted octanol–water partition coefficient (Wildman–Crippen LogP) is 4.50. The highest BCUT2D eigenvalue weighted by atomic mass is 35.5. The summed E-state index contributed by atoms with van der Waals surface area (Å²) in [6.45, 7) is 2.51. The van der Waals surface area contributed by atoms with Crippen molar-refractivity contribution >= 4 is 17.6 Å². The van der Waals surface area contributed by atoms with Crippen molar-refractivity contribution in [1.29, 1.82) is 5.26 Å². The van der Waals surface area contributed by atoms with Crippen LogP contribution in [-0.2, 0) is 6.54 Å². The Morgan fingerprint density at radius 1 is 1.21 bits per heavy atom. The molecule has 0 radical (unpaired) electrons. The molecule has 2 rings (SSSR count). The number of hydrogen-bond acceptors (Lipinski definition) is 2. The average Bonchev–Trinajstić information content (AvgIpc) is 2.61. The number of carbonyl (C=O) groups is 1. The summed E-state index contributed by atoms with van der Waals surface area (Å²) in [6, 6.07) is 16.6. The Balaban J connectivity index is 1.98. The van der Waals surface area contributed by atoms with Crippen molar-refractivity contribution in [3.63, 3.8) is 0 Å². The molecule has 24 heavy (non-hydrogen) atoms. The van der Waals surface area contributed by atoms with Crippen LogP contribution in [0, 0.1) is 11.3 Å². The van der Waals surface area contributed by atoms with Crippen LogP contribution in [0.3, 0.4) is 0 Å². The van der Waals surface area contributed by atoms with E-state index >= 15 is 0 Å². The fourth-order valence-corrected chi connectivity index (χ4v) is 2.53. The van der Waals surface area contributed by atoms with Crippen LogP contribution in [0.4, 0.5) is 4.79 Å². The molecule has 1 unspecified atom stereocenters. The zero-order chi connectivity index (χ0) is 17.5. The summed E-state index contributed by atoms with van der Waals surface area (Å²) in [5.74, 6) is 0. The zero-order valence-corrected chi connectivity index (χ0v) is 14.5. The van der Waals surface area contributed by atoms with Gasteiger partial charge < -0.3 is 10.2 Å². The Morgan fingerprint density at radius 3 is 2.38 bits per heavy atom. The van der Waals surface area contributed by atoms with Gasteiger partial charge in [-0.25, -0.2) is 4.79 Å². The van der Waals surface area contributed by atoms with Gasteiger partial charge in [0.25, 0.3) is 0 Å². The van der Waals surface area contributed by atoms with E-state index in [1.54, 1.807) is 24.1 Å². The highest BCUT2D eigenvalue weighted by Crippen LogP contribution is 2.19. The highest BCUT2D eigenvalue weighted by molar-refractivity contribution is 6.30. The van der Waals surface area contributed by atoms with Crippen molar-refractivity contribution in [3.8, 4) is 6.07 Å². The molecule has 4 nitrogen and oxygen atoms in total. The predicted molar refractivity (Wildman–Crippen MR) is 95.6 cm³/mol. The van der Waals surface area contributed by atoms with E-state index in [0.29, 0.717) is 17.1 Å². The minimum atomic E-state index is -0.138. The van der Waals surface area contributed by atoms with Crippen LogP contribution >= 0.6 is 11.6 Å². The van der Waals surface area contributed by atoms with Crippen molar-refractivity contribution in [2.24, 2.45) is 0 Å². The average molecular weight is 342 g/mol. The van der Waals surface area contributed by atoms with Crippen LogP contribution < -0.4 is 5.32 Å². The molecule has 2 aromatic rings. The van der Waals surface area contributed by atoms with Gasteiger partial charge in [0, 0.05) is 18.6 Å². The Hall–Kier alpha value is -2.51. The van der Waals surface area contributed by atoms with Crippen LogP contribution in [0.5, 0.6) is 0 Å². The normalized spacial score (nSPS) is 11.4. The van der Waals surface area contributed by atoms with Gasteiger partial charge in [0.05, 0.1) is 17.7 Å². The molecule has 0 fully saturated rings. The fourth-order valence-electron chi connectivity index (χ4n) is 2.41. The molecule has 0 aliphatic heterocycles. The minimum absolute atomic E-state index is 0.0572. The van der Waals surface area contributed by atoms with Gasteiger partial charge in [-0.15, -0.1) is 0 Å². The summed E-state index contributed by atoms with van der Waals surface area (Å²) in [6.07, 6.45) is 0.790. The quantitative estimate of drug-likeness (QED) is 0.870. The fraction of sp³-hybridized carbons (Fsp3) is 0.263. The maximum absolute atomic E-state index is 12.4. The first-order valence-electron chi connectivity index (χ1n) is 7.79. The second kappa shape index (κ2) is 8.37. The number of nitriles is 1. The lowest BCUT2D eigenvalue weighted by molar-refractivity contribution is 0.202. The summed E-state index contributed by atoms with van der Waals surface area (Å²) in [5.41, 5.74) is 2.62. The smallest absolute Gasteiger partial charge is 0.317 e. The number of rotatable bonds is 5. The van der Waals surface area contributed by atoms with Crippen molar-refractivity contribution < 1.29 is 4.79 Å².